The number of nitrogens with zero attached hydrogens (tertiary/aromatic N) is 3. The van der Waals surface area contributed by atoms with E-state index in [2.05, 4.69) is 31.3 Å². The minimum atomic E-state index is -0.173. The van der Waals surface area contributed by atoms with Gasteiger partial charge in [0.25, 0.3) is 0 Å². The summed E-state index contributed by atoms with van der Waals surface area (Å²) in [5.41, 5.74) is 7.22. The number of fused-ring (bicyclic) bond motifs is 1. The van der Waals surface area contributed by atoms with Crippen LogP contribution in [0.15, 0.2) is 35.1 Å². The van der Waals surface area contributed by atoms with E-state index in [4.69, 9.17) is 5.73 Å². The molecule has 0 saturated heterocycles. The standard InChI is InChI=1S/C12H10BrN5OS/c13-7-4-15-18(5-7)6-11(19)17-12-16-9-2-1-8(14)3-10(9)20-12/h1-5H,6,14H2,(H,16,17,19). The summed E-state index contributed by atoms with van der Waals surface area (Å²) in [6, 6.07) is 5.46. The number of nitrogen functional groups attached to an aromatic ring is 1. The molecule has 6 nitrogen and oxygen atoms in total. The van der Waals surface area contributed by atoms with Crippen molar-refractivity contribution in [2.24, 2.45) is 0 Å². The summed E-state index contributed by atoms with van der Waals surface area (Å²) in [5, 5.41) is 7.34. The van der Waals surface area contributed by atoms with Gasteiger partial charge in [-0.25, -0.2) is 4.98 Å². The average Bonchev–Trinajstić information content (AvgIpc) is 2.94. The second-order valence-corrected chi connectivity index (χ2v) is 6.10. The molecule has 2 aromatic heterocycles. The van der Waals surface area contributed by atoms with Crippen LogP contribution in [0.1, 0.15) is 0 Å². The molecule has 20 heavy (non-hydrogen) atoms. The van der Waals surface area contributed by atoms with Crippen LogP contribution >= 0.6 is 27.3 Å². The number of halogens is 1. The van der Waals surface area contributed by atoms with Crippen molar-refractivity contribution >= 4 is 54.2 Å². The van der Waals surface area contributed by atoms with Gasteiger partial charge in [-0.2, -0.15) is 5.10 Å². The Morgan fingerprint density at radius 1 is 1.50 bits per heavy atom. The number of carbonyl (C=O) groups excluding carboxylic acids is 1. The van der Waals surface area contributed by atoms with Crippen molar-refractivity contribution in [3.63, 3.8) is 0 Å². The second kappa shape index (κ2) is 5.22. The van der Waals surface area contributed by atoms with E-state index < -0.39 is 0 Å². The van der Waals surface area contributed by atoms with E-state index in [1.165, 1.54) is 11.3 Å². The molecular formula is C12H10BrN5OS. The number of carbonyl (C=O) groups is 1. The molecular weight excluding hydrogens is 342 g/mol. The Kier molecular flexibility index (Phi) is 3.41. The highest BCUT2D eigenvalue weighted by atomic mass is 79.9. The number of benzene rings is 1. The highest BCUT2D eigenvalue weighted by Gasteiger charge is 2.09. The summed E-state index contributed by atoms with van der Waals surface area (Å²) in [5.74, 6) is -0.173. The van der Waals surface area contributed by atoms with Crippen molar-refractivity contribution < 1.29 is 4.79 Å². The number of nitrogens with two attached hydrogens (primary N) is 1. The lowest BCUT2D eigenvalue weighted by Gasteiger charge is -2.01. The third-order valence-electron chi connectivity index (χ3n) is 2.57. The molecule has 3 aromatic rings. The van der Waals surface area contributed by atoms with Crippen LogP contribution in [0, 0.1) is 0 Å². The zero-order valence-corrected chi connectivity index (χ0v) is 12.6. The molecule has 102 valence electrons. The Labute approximate surface area is 126 Å². The Balaban J connectivity index is 1.73. The zero-order chi connectivity index (χ0) is 14.1. The van der Waals surface area contributed by atoms with Crippen molar-refractivity contribution in [3.05, 3.63) is 35.1 Å². The molecule has 0 atom stereocenters. The molecule has 0 spiro atoms. The number of amides is 1. The van der Waals surface area contributed by atoms with Crippen LogP contribution in [0.4, 0.5) is 10.8 Å². The van der Waals surface area contributed by atoms with Crippen molar-refractivity contribution in [1.29, 1.82) is 0 Å². The molecule has 2 heterocycles. The van der Waals surface area contributed by atoms with Crippen LogP contribution in [-0.2, 0) is 11.3 Å². The molecule has 0 fully saturated rings. The molecule has 0 unspecified atom stereocenters. The molecule has 1 amide bonds. The molecule has 0 aliphatic carbocycles. The van der Waals surface area contributed by atoms with Crippen molar-refractivity contribution in [2.75, 3.05) is 11.1 Å². The topological polar surface area (TPSA) is 85.8 Å². The fourth-order valence-electron chi connectivity index (χ4n) is 1.73. The van der Waals surface area contributed by atoms with E-state index in [-0.39, 0.29) is 12.5 Å². The molecule has 0 aliphatic rings. The lowest BCUT2D eigenvalue weighted by molar-refractivity contribution is -0.116. The van der Waals surface area contributed by atoms with Crippen molar-refractivity contribution in [3.8, 4) is 0 Å². The SMILES string of the molecule is Nc1ccc2nc(NC(=O)Cn3cc(Br)cn3)sc2c1. The van der Waals surface area contributed by atoms with Gasteiger partial charge in [-0.3, -0.25) is 9.48 Å². The Morgan fingerprint density at radius 2 is 2.35 bits per heavy atom. The number of anilines is 2. The van der Waals surface area contributed by atoms with Gasteiger partial charge in [-0.15, -0.1) is 0 Å². The van der Waals surface area contributed by atoms with Gasteiger partial charge in [-0.05, 0) is 34.1 Å². The van der Waals surface area contributed by atoms with Gasteiger partial charge in [0.2, 0.25) is 5.91 Å². The van der Waals surface area contributed by atoms with Crippen LogP contribution in [-0.4, -0.2) is 20.7 Å². The molecule has 3 rings (SSSR count). The molecule has 8 heteroatoms. The maximum atomic E-state index is 11.9. The zero-order valence-electron chi connectivity index (χ0n) is 10.2. The van der Waals surface area contributed by atoms with Crippen molar-refractivity contribution in [2.45, 2.75) is 6.54 Å². The van der Waals surface area contributed by atoms with E-state index in [1.54, 1.807) is 23.1 Å². The number of thiazole rings is 1. The summed E-state index contributed by atoms with van der Waals surface area (Å²) in [6.45, 7) is 0.143. The van der Waals surface area contributed by atoms with Gasteiger partial charge in [-0.1, -0.05) is 11.3 Å². The van der Waals surface area contributed by atoms with E-state index in [0.29, 0.717) is 10.8 Å². The summed E-state index contributed by atoms with van der Waals surface area (Å²) in [4.78, 5) is 16.2. The maximum Gasteiger partial charge on any atom is 0.247 e. The summed E-state index contributed by atoms with van der Waals surface area (Å²) >= 11 is 4.68. The average molecular weight is 352 g/mol. The van der Waals surface area contributed by atoms with E-state index in [1.807, 2.05) is 12.1 Å². The van der Waals surface area contributed by atoms with Crippen LogP contribution in [0.25, 0.3) is 10.2 Å². The van der Waals surface area contributed by atoms with E-state index in [0.717, 1.165) is 14.7 Å². The number of aromatic nitrogens is 3. The Morgan fingerprint density at radius 3 is 3.10 bits per heavy atom. The minimum Gasteiger partial charge on any atom is -0.399 e. The lowest BCUT2D eigenvalue weighted by Crippen LogP contribution is -2.18. The predicted octanol–water partition coefficient (Wildman–Crippen LogP) is 2.48. The van der Waals surface area contributed by atoms with Crippen LogP contribution in [0.5, 0.6) is 0 Å². The number of hydrogen-bond acceptors (Lipinski definition) is 5. The Bertz CT molecular complexity index is 781. The normalized spacial score (nSPS) is 10.8. The third kappa shape index (κ3) is 2.81. The molecule has 0 saturated carbocycles. The molecule has 1 aromatic carbocycles. The Hall–Kier alpha value is -1.93. The number of hydrogen-bond donors (Lipinski definition) is 2. The van der Waals surface area contributed by atoms with E-state index in [9.17, 15) is 4.79 Å². The van der Waals surface area contributed by atoms with Gasteiger partial charge < -0.3 is 11.1 Å². The minimum absolute atomic E-state index is 0.143. The van der Waals surface area contributed by atoms with Gasteiger partial charge in [0.05, 0.1) is 20.9 Å². The van der Waals surface area contributed by atoms with Gasteiger partial charge in [0.15, 0.2) is 5.13 Å². The van der Waals surface area contributed by atoms with Gasteiger partial charge in [0.1, 0.15) is 6.54 Å². The molecule has 0 aliphatic heterocycles. The highest BCUT2D eigenvalue weighted by Crippen LogP contribution is 2.27. The predicted molar refractivity (Wildman–Crippen MR) is 82.6 cm³/mol. The second-order valence-electron chi connectivity index (χ2n) is 4.15. The third-order valence-corrected chi connectivity index (χ3v) is 3.91. The van der Waals surface area contributed by atoms with Crippen LogP contribution < -0.4 is 11.1 Å². The highest BCUT2D eigenvalue weighted by molar-refractivity contribution is 9.10. The fraction of sp³-hybridized carbons (Fsp3) is 0.0833. The first-order chi connectivity index (χ1) is 9.60. The smallest absolute Gasteiger partial charge is 0.247 e. The first-order valence-electron chi connectivity index (χ1n) is 5.74. The largest absolute Gasteiger partial charge is 0.399 e. The fourth-order valence-corrected chi connectivity index (χ4v) is 2.98. The number of rotatable bonds is 3. The summed E-state index contributed by atoms with van der Waals surface area (Å²) in [6.07, 6.45) is 3.37. The first-order valence-corrected chi connectivity index (χ1v) is 7.35. The lowest BCUT2D eigenvalue weighted by atomic mass is 10.3. The summed E-state index contributed by atoms with van der Waals surface area (Å²) < 4.78 is 3.33. The molecule has 0 radical (unpaired) electrons. The van der Waals surface area contributed by atoms with Crippen molar-refractivity contribution in [1.82, 2.24) is 14.8 Å². The monoisotopic (exact) mass is 351 g/mol. The van der Waals surface area contributed by atoms with Crippen LogP contribution in [0.2, 0.25) is 0 Å². The number of nitrogens with one attached hydrogen (secondary N) is 1. The van der Waals surface area contributed by atoms with Gasteiger partial charge >= 0.3 is 0 Å². The first kappa shape index (κ1) is 13.1. The van der Waals surface area contributed by atoms with E-state index >= 15 is 0 Å². The summed E-state index contributed by atoms with van der Waals surface area (Å²) in [7, 11) is 0. The van der Waals surface area contributed by atoms with Crippen LogP contribution in [0.3, 0.4) is 0 Å². The molecule has 0 bridgehead atoms. The van der Waals surface area contributed by atoms with Gasteiger partial charge in [0, 0.05) is 11.9 Å². The maximum absolute atomic E-state index is 11.9. The molecule has 3 N–H and O–H groups in total. The quantitative estimate of drug-likeness (QED) is 0.709.